The van der Waals surface area contributed by atoms with Crippen LogP contribution in [0, 0.1) is 0 Å². The van der Waals surface area contributed by atoms with Crippen LogP contribution in [0.25, 0.3) is 0 Å². The SMILES string of the molecule is CCCCCCS[C@H](C(=O)O)c1cccs1. The second-order valence-corrected chi connectivity index (χ2v) is 5.86. The highest BCUT2D eigenvalue weighted by molar-refractivity contribution is 8.00. The molecule has 0 aromatic carbocycles. The van der Waals surface area contributed by atoms with Crippen molar-refractivity contribution in [3.05, 3.63) is 22.4 Å². The topological polar surface area (TPSA) is 37.3 Å². The van der Waals surface area contributed by atoms with E-state index in [0.29, 0.717) is 0 Å². The molecule has 0 saturated heterocycles. The molecule has 0 aliphatic heterocycles. The Morgan fingerprint density at radius 2 is 2.31 bits per heavy atom. The Morgan fingerprint density at radius 1 is 1.50 bits per heavy atom. The Bertz CT molecular complexity index is 296. The van der Waals surface area contributed by atoms with Gasteiger partial charge in [0.05, 0.1) is 0 Å². The molecule has 0 unspecified atom stereocenters. The molecule has 1 aromatic rings. The monoisotopic (exact) mass is 258 g/mol. The normalized spacial score (nSPS) is 12.6. The second kappa shape index (κ2) is 7.74. The maximum absolute atomic E-state index is 11.1. The lowest BCUT2D eigenvalue weighted by molar-refractivity contribution is -0.136. The summed E-state index contributed by atoms with van der Waals surface area (Å²) in [6.07, 6.45) is 4.79. The highest BCUT2D eigenvalue weighted by atomic mass is 32.2. The summed E-state index contributed by atoms with van der Waals surface area (Å²) < 4.78 is 0. The van der Waals surface area contributed by atoms with Crippen molar-refractivity contribution in [2.24, 2.45) is 0 Å². The Hall–Kier alpha value is -0.480. The number of hydrogen-bond acceptors (Lipinski definition) is 3. The van der Waals surface area contributed by atoms with Gasteiger partial charge >= 0.3 is 5.97 Å². The first-order valence-corrected chi connectivity index (χ1v) is 7.56. The quantitative estimate of drug-likeness (QED) is 0.710. The van der Waals surface area contributed by atoms with E-state index < -0.39 is 5.97 Å². The third-order valence-corrected chi connectivity index (χ3v) is 4.71. The molecule has 16 heavy (non-hydrogen) atoms. The van der Waals surface area contributed by atoms with Crippen LogP contribution in [0.1, 0.15) is 42.7 Å². The number of carboxylic acids is 1. The molecule has 0 amide bonds. The van der Waals surface area contributed by atoms with Crippen molar-refractivity contribution in [2.75, 3.05) is 5.75 Å². The Balaban J connectivity index is 2.33. The molecule has 1 aromatic heterocycles. The minimum absolute atomic E-state index is 0.373. The van der Waals surface area contributed by atoms with E-state index >= 15 is 0 Å². The van der Waals surface area contributed by atoms with Gasteiger partial charge in [-0.1, -0.05) is 32.3 Å². The molecule has 4 heteroatoms. The molecule has 0 fully saturated rings. The number of unbranched alkanes of at least 4 members (excludes halogenated alkanes) is 3. The van der Waals surface area contributed by atoms with Gasteiger partial charge in [-0.2, -0.15) is 0 Å². The second-order valence-electron chi connectivity index (χ2n) is 3.67. The number of carbonyl (C=O) groups is 1. The molecule has 0 bridgehead atoms. The summed E-state index contributed by atoms with van der Waals surface area (Å²) in [5, 5.41) is 10.7. The fraction of sp³-hybridized carbons (Fsp3) is 0.583. The van der Waals surface area contributed by atoms with Gasteiger partial charge in [0.15, 0.2) is 0 Å². The summed E-state index contributed by atoms with van der Waals surface area (Å²) >= 11 is 3.07. The molecule has 2 nitrogen and oxygen atoms in total. The van der Waals surface area contributed by atoms with Crippen LogP contribution in [0.4, 0.5) is 0 Å². The summed E-state index contributed by atoms with van der Waals surface area (Å²) in [6, 6.07) is 3.82. The molecule has 0 saturated carbocycles. The first-order valence-electron chi connectivity index (χ1n) is 5.63. The van der Waals surface area contributed by atoms with Crippen molar-refractivity contribution in [3.63, 3.8) is 0 Å². The van der Waals surface area contributed by atoms with Gasteiger partial charge in [0, 0.05) is 4.88 Å². The number of aliphatic carboxylic acids is 1. The number of rotatable bonds is 8. The Kier molecular flexibility index (Phi) is 6.57. The first-order chi connectivity index (χ1) is 7.75. The van der Waals surface area contributed by atoms with E-state index in [2.05, 4.69) is 6.92 Å². The zero-order valence-corrected chi connectivity index (χ0v) is 11.1. The van der Waals surface area contributed by atoms with Gasteiger partial charge in [-0.3, -0.25) is 4.79 Å². The Morgan fingerprint density at radius 3 is 2.88 bits per heavy atom. The fourth-order valence-electron chi connectivity index (χ4n) is 1.45. The van der Waals surface area contributed by atoms with E-state index in [1.807, 2.05) is 17.5 Å². The number of carboxylic acid groups (broad SMARTS) is 1. The van der Waals surface area contributed by atoms with Crippen LogP contribution < -0.4 is 0 Å². The predicted molar refractivity (Wildman–Crippen MR) is 71.3 cm³/mol. The molecule has 0 aliphatic carbocycles. The summed E-state index contributed by atoms with van der Waals surface area (Å²) in [5.41, 5.74) is 0. The first kappa shape index (κ1) is 13.6. The maximum atomic E-state index is 11.1. The molecule has 0 aliphatic rings. The third-order valence-electron chi connectivity index (χ3n) is 2.31. The molecule has 1 N–H and O–H groups in total. The molecule has 90 valence electrons. The minimum Gasteiger partial charge on any atom is -0.480 e. The predicted octanol–water partition coefficient (Wildman–Crippen LogP) is 4.19. The van der Waals surface area contributed by atoms with Gasteiger partial charge in [0.1, 0.15) is 5.25 Å². The maximum Gasteiger partial charge on any atom is 0.322 e. The van der Waals surface area contributed by atoms with Crippen LogP contribution in [0.2, 0.25) is 0 Å². The molecule has 1 atom stereocenters. The van der Waals surface area contributed by atoms with Gasteiger partial charge in [0.25, 0.3) is 0 Å². The van der Waals surface area contributed by atoms with Crippen molar-refractivity contribution >= 4 is 29.1 Å². The third kappa shape index (κ3) is 4.58. The van der Waals surface area contributed by atoms with Crippen molar-refractivity contribution in [1.82, 2.24) is 0 Å². The largest absolute Gasteiger partial charge is 0.480 e. The van der Waals surface area contributed by atoms with E-state index in [1.165, 1.54) is 30.6 Å². The fourth-order valence-corrected chi connectivity index (χ4v) is 3.50. The average Bonchev–Trinajstić information content (AvgIpc) is 2.76. The van der Waals surface area contributed by atoms with Crippen LogP contribution >= 0.6 is 23.1 Å². The smallest absolute Gasteiger partial charge is 0.322 e. The zero-order valence-electron chi connectivity index (χ0n) is 9.52. The minimum atomic E-state index is -0.719. The van der Waals surface area contributed by atoms with Crippen LogP contribution in [0.3, 0.4) is 0 Å². The standard InChI is InChI=1S/C12H18O2S2/c1-2-3-4-5-8-16-11(12(13)14)10-7-6-9-15-10/h6-7,9,11H,2-5,8H2,1H3,(H,13,14)/t11-/m0/s1. The van der Waals surface area contributed by atoms with Gasteiger partial charge in [0.2, 0.25) is 0 Å². The van der Waals surface area contributed by atoms with Crippen molar-refractivity contribution in [2.45, 2.75) is 37.9 Å². The zero-order chi connectivity index (χ0) is 11.8. The summed E-state index contributed by atoms with van der Waals surface area (Å²) in [5.74, 6) is 0.220. The Labute approximate surface area is 105 Å². The van der Waals surface area contributed by atoms with E-state index in [0.717, 1.165) is 17.1 Å². The van der Waals surface area contributed by atoms with Crippen LogP contribution in [0.5, 0.6) is 0 Å². The lowest BCUT2D eigenvalue weighted by atomic mass is 10.2. The van der Waals surface area contributed by atoms with E-state index in [4.69, 9.17) is 5.11 Å². The number of thioether (sulfide) groups is 1. The number of thiophene rings is 1. The molecule has 1 heterocycles. The summed E-state index contributed by atoms with van der Waals surface area (Å²) in [4.78, 5) is 12.1. The van der Waals surface area contributed by atoms with Gasteiger partial charge in [-0.25, -0.2) is 0 Å². The molecule has 0 radical (unpaired) electrons. The number of hydrogen-bond donors (Lipinski definition) is 1. The van der Waals surface area contributed by atoms with Crippen LogP contribution in [-0.2, 0) is 4.79 Å². The lowest BCUT2D eigenvalue weighted by Crippen LogP contribution is -2.07. The van der Waals surface area contributed by atoms with Crippen molar-refractivity contribution < 1.29 is 9.90 Å². The van der Waals surface area contributed by atoms with Gasteiger partial charge in [-0.15, -0.1) is 23.1 Å². The highest BCUT2D eigenvalue weighted by Gasteiger charge is 2.20. The van der Waals surface area contributed by atoms with E-state index in [1.54, 1.807) is 11.8 Å². The summed E-state index contributed by atoms with van der Waals surface area (Å²) in [6.45, 7) is 2.18. The summed E-state index contributed by atoms with van der Waals surface area (Å²) in [7, 11) is 0. The van der Waals surface area contributed by atoms with Crippen LogP contribution in [-0.4, -0.2) is 16.8 Å². The van der Waals surface area contributed by atoms with Gasteiger partial charge < -0.3 is 5.11 Å². The molecular weight excluding hydrogens is 240 g/mol. The van der Waals surface area contributed by atoms with E-state index in [-0.39, 0.29) is 5.25 Å². The average molecular weight is 258 g/mol. The van der Waals surface area contributed by atoms with Gasteiger partial charge in [-0.05, 0) is 23.6 Å². The lowest BCUT2D eigenvalue weighted by Gasteiger charge is -2.09. The van der Waals surface area contributed by atoms with Crippen molar-refractivity contribution in [1.29, 1.82) is 0 Å². The molecule has 1 rings (SSSR count). The van der Waals surface area contributed by atoms with Crippen LogP contribution in [0.15, 0.2) is 17.5 Å². The van der Waals surface area contributed by atoms with Crippen molar-refractivity contribution in [3.8, 4) is 0 Å². The highest BCUT2D eigenvalue weighted by Crippen LogP contribution is 2.32. The molecular formula is C12H18O2S2. The molecule has 0 spiro atoms. The van der Waals surface area contributed by atoms with E-state index in [9.17, 15) is 4.79 Å².